The van der Waals surface area contributed by atoms with E-state index in [9.17, 15) is 10.2 Å². The third-order valence-electron chi connectivity index (χ3n) is 2.86. The number of phenols is 1. The largest absolute Gasteiger partial charge is 0.508 e. The van der Waals surface area contributed by atoms with Crippen molar-refractivity contribution in [2.24, 2.45) is 0 Å². The third-order valence-corrected chi connectivity index (χ3v) is 2.86. The molecular formula is C15H18O3. The van der Waals surface area contributed by atoms with Crippen LogP contribution in [0.15, 0.2) is 36.4 Å². The van der Waals surface area contributed by atoms with Crippen molar-refractivity contribution in [3.05, 3.63) is 36.4 Å². The van der Waals surface area contributed by atoms with Crippen LogP contribution < -0.4 is 4.74 Å². The molecule has 0 aliphatic carbocycles. The number of benzene rings is 2. The number of fused-ring (bicyclic) bond motifs is 1. The zero-order valence-corrected chi connectivity index (χ0v) is 10.5. The molecule has 2 aromatic carbocycles. The second-order valence-corrected chi connectivity index (χ2v) is 4.45. The highest BCUT2D eigenvalue weighted by Crippen LogP contribution is 2.24. The molecule has 0 aliphatic heterocycles. The second-order valence-electron chi connectivity index (χ2n) is 4.45. The Morgan fingerprint density at radius 3 is 2.61 bits per heavy atom. The van der Waals surface area contributed by atoms with Gasteiger partial charge in [0.25, 0.3) is 0 Å². The Morgan fingerprint density at radius 1 is 1.11 bits per heavy atom. The fraction of sp³-hybridized carbons (Fsp3) is 0.333. The summed E-state index contributed by atoms with van der Waals surface area (Å²) in [6.45, 7) is 2.35. The van der Waals surface area contributed by atoms with Crippen molar-refractivity contribution < 1.29 is 14.9 Å². The van der Waals surface area contributed by atoms with Gasteiger partial charge in [-0.1, -0.05) is 25.5 Å². The van der Waals surface area contributed by atoms with Crippen LogP contribution in [0.5, 0.6) is 11.5 Å². The van der Waals surface area contributed by atoms with Crippen molar-refractivity contribution in [2.45, 2.75) is 25.9 Å². The Balaban J connectivity index is 2.08. The first-order valence-corrected chi connectivity index (χ1v) is 6.22. The van der Waals surface area contributed by atoms with Gasteiger partial charge >= 0.3 is 0 Å². The first-order valence-electron chi connectivity index (χ1n) is 6.22. The van der Waals surface area contributed by atoms with E-state index in [0.29, 0.717) is 6.61 Å². The minimum Gasteiger partial charge on any atom is -0.508 e. The molecule has 2 aromatic rings. The average Bonchev–Trinajstić information content (AvgIpc) is 2.36. The van der Waals surface area contributed by atoms with E-state index in [1.807, 2.05) is 31.2 Å². The van der Waals surface area contributed by atoms with Gasteiger partial charge in [-0.25, -0.2) is 0 Å². The van der Waals surface area contributed by atoms with Crippen LogP contribution >= 0.6 is 0 Å². The zero-order valence-electron chi connectivity index (χ0n) is 10.5. The maximum Gasteiger partial charge on any atom is 0.120 e. The highest BCUT2D eigenvalue weighted by atomic mass is 16.5. The van der Waals surface area contributed by atoms with Crippen molar-refractivity contribution in [3.8, 4) is 11.5 Å². The average molecular weight is 246 g/mol. The van der Waals surface area contributed by atoms with E-state index in [0.717, 1.165) is 29.4 Å². The molecule has 3 nitrogen and oxygen atoms in total. The van der Waals surface area contributed by atoms with Crippen LogP contribution in [0.2, 0.25) is 0 Å². The lowest BCUT2D eigenvalue weighted by Gasteiger charge is -2.11. The van der Waals surface area contributed by atoms with Crippen molar-refractivity contribution >= 4 is 10.8 Å². The summed E-state index contributed by atoms with van der Waals surface area (Å²) in [6.07, 6.45) is 1.29. The summed E-state index contributed by atoms with van der Waals surface area (Å²) < 4.78 is 5.55. The topological polar surface area (TPSA) is 49.7 Å². The summed E-state index contributed by atoms with van der Waals surface area (Å²) in [5.74, 6) is 0.998. The van der Waals surface area contributed by atoms with Gasteiger partial charge in [0.05, 0.1) is 6.10 Å². The summed E-state index contributed by atoms with van der Waals surface area (Å²) in [4.78, 5) is 0. The van der Waals surface area contributed by atoms with E-state index < -0.39 is 6.10 Å². The molecule has 1 unspecified atom stereocenters. The van der Waals surface area contributed by atoms with E-state index >= 15 is 0 Å². The molecule has 2 N–H and O–H groups in total. The molecule has 3 heteroatoms. The van der Waals surface area contributed by atoms with Crippen LogP contribution in [-0.2, 0) is 0 Å². The van der Waals surface area contributed by atoms with Gasteiger partial charge in [-0.05, 0) is 41.5 Å². The lowest BCUT2D eigenvalue weighted by Crippen LogP contribution is -2.16. The number of aromatic hydroxyl groups is 1. The number of aliphatic hydroxyl groups excluding tert-OH is 1. The third kappa shape index (κ3) is 3.14. The normalized spacial score (nSPS) is 12.6. The molecule has 0 heterocycles. The van der Waals surface area contributed by atoms with Crippen LogP contribution in [0.1, 0.15) is 19.8 Å². The SMILES string of the molecule is CCCC(O)COc1ccc2cc(O)ccc2c1. The smallest absolute Gasteiger partial charge is 0.120 e. The summed E-state index contributed by atoms with van der Waals surface area (Å²) in [6, 6.07) is 10.9. The maximum atomic E-state index is 9.60. The van der Waals surface area contributed by atoms with Gasteiger partial charge < -0.3 is 14.9 Å². The molecule has 2 rings (SSSR count). The molecule has 0 amide bonds. The Morgan fingerprint density at radius 2 is 1.83 bits per heavy atom. The molecule has 0 spiro atoms. The van der Waals surface area contributed by atoms with Crippen molar-refractivity contribution in [3.63, 3.8) is 0 Å². The fourth-order valence-electron chi connectivity index (χ4n) is 1.91. The second kappa shape index (κ2) is 5.74. The molecule has 0 aromatic heterocycles. The standard InChI is InChI=1S/C15H18O3/c1-2-3-14(17)10-18-15-7-5-11-8-13(16)6-4-12(11)9-15/h4-9,14,16-17H,2-3,10H2,1H3. The maximum absolute atomic E-state index is 9.60. The molecule has 18 heavy (non-hydrogen) atoms. The van der Waals surface area contributed by atoms with Gasteiger partial charge in [-0.3, -0.25) is 0 Å². The van der Waals surface area contributed by atoms with Gasteiger partial charge in [0.1, 0.15) is 18.1 Å². The Labute approximate surface area is 107 Å². The fourth-order valence-corrected chi connectivity index (χ4v) is 1.91. The first-order chi connectivity index (χ1) is 8.69. The van der Waals surface area contributed by atoms with Gasteiger partial charge in [0.15, 0.2) is 0 Å². The van der Waals surface area contributed by atoms with Gasteiger partial charge in [0.2, 0.25) is 0 Å². The molecule has 0 saturated heterocycles. The number of phenolic OH excluding ortho intramolecular Hbond substituents is 1. The summed E-state index contributed by atoms with van der Waals surface area (Å²) in [5, 5.41) is 21.0. The zero-order chi connectivity index (χ0) is 13.0. The highest BCUT2D eigenvalue weighted by molar-refractivity contribution is 5.85. The molecule has 0 saturated carbocycles. The van der Waals surface area contributed by atoms with Gasteiger partial charge in [0, 0.05) is 0 Å². The van der Waals surface area contributed by atoms with Crippen LogP contribution in [-0.4, -0.2) is 22.9 Å². The van der Waals surface area contributed by atoms with Crippen LogP contribution in [0, 0.1) is 0 Å². The van der Waals surface area contributed by atoms with Crippen LogP contribution in [0.3, 0.4) is 0 Å². The van der Waals surface area contributed by atoms with Crippen LogP contribution in [0.25, 0.3) is 10.8 Å². The number of ether oxygens (including phenoxy) is 1. The molecule has 96 valence electrons. The van der Waals surface area contributed by atoms with E-state index in [2.05, 4.69) is 0 Å². The molecule has 1 atom stereocenters. The number of aliphatic hydroxyl groups is 1. The first kappa shape index (κ1) is 12.7. The predicted octanol–water partition coefficient (Wildman–Crippen LogP) is 3.09. The minimum absolute atomic E-state index is 0.259. The molecule has 0 bridgehead atoms. The number of hydrogen-bond acceptors (Lipinski definition) is 3. The Bertz CT molecular complexity index is 522. The molecular weight excluding hydrogens is 228 g/mol. The molecule has 0 radical (unpaired) electrons. The van der Waals surface area contributed by atoms with Crippen molar-refractivity contribution in [2.75, 3.05) is 6.61 Å². The van der Waals surface area contributed by atoms with Crippen LogP contribution in [0.4, 0.5) is 0 Å². The summed E-state index contributed by atoms with van der Waals surface area (Å²) in [5.41, 5.74) is 0. The monoisotopic (exact) mass is 246 g/mol. The highest BCUT2D eigenvalue weighted by Gasteiger charge is 2.04. The number of rotatable bonds is 5. The van der Waals surface area contributed by atoms with E-state index in [4.69, 9.17) is 4.74 Å². The molecule has 0 fully saturated rings. The van der Waals surface area contributed by atoms with E-state index in [-0.39, 0.29) is 5.75 Å². The van der Waals surface area contributed by atoms with E-state index in [1.54, 1.807) is 12.1 Å². The van der Waals surface area contributed by atoms with Gasteiger partial charge in [-0.15, -0.1) is 0 Å². The van der Waals surface area contributed by atoms with Gasteiger partial charge in [-0.2, -0.15) is 0 Å². The van der Waals surface area contributed by atoms with Crippen molar-refractivity contribution in [1.82, 2.24) is 0 Å². The van der Waals surface area contributed by atoms with E-state index in [1.165, 1.54) is 0 Å². The predicted molar refractivity (Wildman–Crippen MR) is 72.0 cm³/mol. The summed E-state index contributed by atoms with van der Waals surface area (Å²) >= 11 is 0. The Kier molecular flexibility index (Phi) is 4.05. The molecule has 0 aliphatic rings. The van der Waals surface area contributed by atoms with Crippen molar-refractivity contribution in [1.29, 1.82) is 0 Å². The quantitative estimate of drug-likeness (QED) is 0.852. The number of hydrogen-bond donors (Lipinski definition) is 2. The minimum atomic E-state index is -0.412. The lowest BCUT2D eigenvalue weighted by atomic mass is 10.1. The lowest BCUT2D eigenvalue weighted by molar-refractivity contribution is 0.0994. The summed E-state index contributed by atoms with van der Waals surface area (Å²) in [7, 11) is 0. The Hall–Kier alpha value is -1.74.